The molecule has 0 aromatic carbocycles. The average Bonchev–Trinajstić information content (AvgIpc) is 2.78. The Morgan fingerprint density at radius 3 is 1.29 bits per heavy atom. The van der Waals surface area contributed by atoms with Gasteiger partial charge in [-0.3, -0.25) is 0 Å². The summed E-state index contributed by atoms with van der Waals surface area (Å²) in [6, 6.07) is 0. The number of rotatable bonds is 26. The minimum atomic E-state index is 1.16. The molecule has 2 nitrogen and oxygen atoms in total. The van der Waals surface area contributed by atoms with Crippen LogP contribution in [-0.2, 0) is 0 Å². The fraction of sp³-hybridized carbons (Fsp3) is 0.966. The highest BCUT2D eigenvalue weighted by Gasteiger charge is 2.04. The van der Waals surface area contributed by atoms with Crippen LogP contribution < -0.4 is 0 Å². The van der Waals surface area contributed by atoms with Crippen molar-refractivity contribution in [2.45, 2.75) is 143 Å². The smallest absolute Gasteiger partial charge is 0.000962 e. The maximum atomic E-state index is 2.78. The Kier molecular flexibility index (Phi) is 26.1. The lowest BCUT2D eigenvalue weighted by atomic mass is 10.0. The van der Waals surface area contributed by atoms with E-state index in [2.05, 4.69) is 44.0 Å². The van der Waals surface area contributed by atoms with Crippen LogP contribution in [0, 0.1) is 6.42 Å². The zero-order valence-electron chi connectivity index (χ0n) is 22.4. The molecule has 0 saturated heterocycles. The third-order valence-corrected chi connectivity index (χ3v) is 6.77. The topological polar surface area (TPSA) is 6.48 Å². The maximum absolute atomic E-state index is 2.78. The second-order valence-electron chi connectivity index (χ2n) is 9.93. The van der Waals surface area contributed by atoms with Crippen LogP contribution in [0.4, 0.5) is 0 Å². The zero-order chi connectivity index (χ0) is 22.8. The van der Waals surface area contributed by atoms with Gasteiger partial charge in [0.05, 0.1) is 0 Å². The first-order valence-electron chi connectivity index (χ1n) is 14.5. The molecule has 0 aliphatic heterocycles. The molecule has 0 heterocycles. The second-order valence-corrected chi connectivity index (χ2v) is 9.93. The van der Waals surface area contributed by atoms with Crippen molar-refractivity contribution in [2.75, 3.05) is 39.8 Å². The van der Waals surface area contributed by atoms with Crippen LogP contribution >= 0.6 is 0 Å². The predicted molar refractivity (Wildman–Crippen MR) is 143 cm³/mol. The first-order valence-corrected chi connectivity index (χ1v) is 14.5. The molecule has 0 unspecified atom stereocenters. The van der Waals surface area contributed by atoms with Gasteiger partial charge in [0, 0.05) is 6.54 Å². The highest BCUT2D eigenvalue weighted by molar-refractivity contribution is 4.68. The average molecular weight is 438 g/mol. The first kappa shape index (κ1) is 30.9. The van der Waals surface area contributed by atoms with Gasteiger partial charge in [-0.25, -0.2) is 0 Å². The number of nitrogens with zero attached hydrogens (tertiary/aromatic N) is 2. The van der Waals surface area contributed by atoms with Crippen molar-refractivity contribution >= 4 is 0 Å². The molecule has 187 valence electrons. The second kappa shape index (κ2) is 26.2. The van der Waals surface area contributed by atoms with E-state index < -0.39 is 0 Å². The van der Waals surface area contributed by atoms with Crippen LogP contribution in [0.5, 0.6) is 0 Å². The van der Waals surface area contributed by atoms with Crippen molar-refractivity contribution in [2.24, 2.45) is 0 Å². The Bertz CT molecular complexity index is 306. The summed E-state index contributed by atoms with van der Waals surface area (Å²) >= 11 is 0. The Morgan fingerprint density at radius 1 is 0.484 bits per heavy atom. The van der Waals surface area contributed by atoms with Gasteiger partial charge in [-0.1, -0.05) is 117 Å². The van der Waals surface area contributed by atoms with Gasteiger partial charge in [0.15, 0.2) is 0 Å². The summed E-state index contributed by atoms with van der Waals surface area (Å²) in [5, 5.41) is 0. The molecule has 0 N–H and O–H groups in total. The third-order valence-electron chi connectivity index (χ3n) is 6.77. The van der Waals surface area contributed by atoms with Crippen molar-refractivity contribution in [1.82, 2.24) is 9.80 Å². The van der Waals surface area contributed by atoms with Gasteiger partial charge in [0.25, 0.3) is 0 Å². The van der Waals surface area contributed by atoms with E-state index in [4.69, 9.17) is 0 Å². The lowest BCUT2D eigenvalue weighted by molar-refractivity contribution is 0.254. The van der Waals surface area contributed by atoms with E-state index >= 15 is 0 Å². The monoisotopic (exact) mass is 437 g/mol. The molecule has 0 aromatic heterocycles. The van der Waals surface area contributed by atoms with E-state index in [9.17, 15) is 0 Å². The fourth-order valence-electron chi connectivity index (χ4n) is 4.34. The van der Waals surface area contributed by atoms with Gasteiger partial charge in [0.1, 0.15) is 0 Å². The third kappa shape index (κ3) is 24.4. The highest BCUT2D eigenvalue weighted by atomic mass is 15.1. The maximum Gasteiger partial charge on any atom is 0.000962 e. The van der Waals surface area contributed by atoms with Gasteiger partial charge in [-0.05, 0) is 65.3 Å². The van der Waals surface area contributed by atoms with Crippen LogP contribution in [0.2, 0.25) is 0 Å². The van der Waals surface area contributed by atoms with Gasteiger partial charge >= 0.3 is 0 Å². The molecule has 0 aliphatic carbocycles. The van der Waals surface area contributed by atoms with Crippen LogP contribution in [0.25, 0.3) is 0 Å². The van der Waals surface area contributed by atoms with Gasteiger partial charge in [-0.15, -0.1) is 0 Å². The molecule has 0 rings (SSSR count). The van der Waals surface area contributed by atoms with Crippen molar-refractivity contribution in [1.29, 1.82) is 0 Å². The van der Waals surface area contributed by atoms with E-state index in [1.807, 2.05) is 0 Å². The lowest BCUT2D eigenvalue weighted by Crippen LogP contribution is -2.27. The summed E-state index contributed by atoms with van der Waals surface area (Å²) in [6.45, 7) is 13.2. The molecule has 2 heteroatoms. The number of hydrogen-bond acceptors (Lipinski definition) is 2. The van der Waals surface area contributed by atoms with E-state index in [0.717, 1.165) is 13.1 Å². The predicted octanol–water partition coefficient (Wildman–Crippen LogP) is 8.90. The first-order chi connectivity index (χ1) is 15.2. The highest BCUT2D eigenvalue weighted by Crippen LogP contribution is 2.13. The molecule has 0 atom stereocenters. The Balaban J connectivity index is 3.49. The number of unbranched alkanes of at least 4 members (excludes halogenated alkanes) is 17. The van der Waals surface area contributed by atoms with Gasteiger partial charge < -0.3 is 9.80 Å². The molecule has 31 heavy (non-hydrogen) atoms. The molecule has 0 amide bonds. The van der Waals surface area contributed by atoms with Crippen LogP contribution in [0.3, 0.4) is 0 Å². The molecular formula is C29H61N2. The zero-order valence-corrected chi connectivity index (χ0v) is 22.4. The quantitative estimate of drug-likeness (QED) is 0.125. The Labute approximate surface area is 198 Å². The van der Waals surface area contributed by atoms with Gasteiger partial charge in [-0.2, -0.15) is 0 Å². The summed E-state index contributed by atoms with van der Waals surface area (Å²) in [6.07, 6.45) is 29.4. The standard InChI is InChI=1S/C29H61N2/c1-5-8-10-23-27-31(28-24-11-9-6-2)29-25-21-19-17-15-13-12-14-16-18-20-22-26-30(4)7-3/h22H,5-21,23-29H2,1-4H3. The molecule has 0 spiro atoms. The van der Waals surface area contributed by atoms with E-state index in [-0.39, 0.29) is 0 Å². The molecular weight excluding hydrogens is 376 g/mol. The van der Waals surface area contributed by atoms with Crippen LogP contribution in [-0.4, -0.2) is 49.6 Å². The minimum absolute atomic E-state index is 1.16. The van der Waals surface area contributed by atoms with E-state index in [1.54, 1.807) is 0 Å². The number of hydrogen-bond donors (Lipinski definition) is 0. The Hall–Kier alpha value is -0.0800. The molecule has 0 aromatic rings. The van der Waals surface area contributed by atoms with E-state index in [1.165, 1.54) is 142 Å². The van der Waals surface area contributed by atoms with Crippen LogP contribution in [0.15, 0.2) is 0 Å². The molecule has 1 radical (unpaired) electrons. The fourth-order valence-corrected chi connectivity index (χ4v) is 4.34. The van der Waals surface area contributed by atoms with Crippen molar-refractivity contribution in [3.63, 3.8) is 0 Å². The SMILES string of the molecule is CCCCCCN(CCCCCC)CCCCCCCCCCCC[CH]CN(C)CC. The minimum Gasteiger partial charge on any atom is -0.306 e. The molecule has 0 bridgehead atoms. The molecule has 0 saturated carbocycles. The van der Waals surface area contributed by atoms with Crippen molar-refractivity contribution in [3.05, 3.63) is 6.42 Å². The summed E-state index contributed by atoms with van der Waals surface area (Å²) in [5.41, 5.74) is 0. The summed E-state index contributed by atoms with van der Waals surface area (Å²) in [4.78, 5) is 5.15. The lowest BCUT2D eigenvalue weighted by Gasteiger charge is -2.22. The van der Waals surface area contributed by atoms with Crippen molar-refractivity contribution in [3.8, 4) is 0 Å². The summed E-state index contributed by atoms with van der Waals surface area (Å²) in [7, 11) is 2.20. The Morgan fingerprint density at radius 2 is 0.871 bits per heavy atom. The van der Waals surface area contributed by atoms with Crippen LogP contribution in [0.1, 0.15) is 143 Å². The summed E-state index contributed by atoms with van der Waals surface area (Å²) < 4.78 is 0. The van der Waals surface area contributed by atoms with E-state index in [0.29, 0.717) is 0 Å². The molecule has 0 aliphatic rings. The summed E-state index contributed by atoms with van der Waals surface area (Å²) in [5.74, 6) is 0. The molecule has 0 fully saturated rings. The van der Waals surface area contributed by atoms with Gasteiger partial charge in [0.2, 0.25) is 0 Å². The normalized spacial score (nSPS) is 11.8. The van der Waals surface area contributed by atoms with Crippen molar-refractivity contribution < 1.29 is 0 Å². The largest absolute Gasteiger partial charge is 0.306 e.